The average molecular weight is 320 g/mol. The van der Waals surface area contributed by atoms with Crippen molar-refractivity contribution in [3.63, 3.8) is 0 Å². The van der Waals surface area contributed by atoms with E-state index in [1.807, 2.05) is 32.0 Å². The van der Waals surface area contributed by atoms with E-state index in [2.05, 4.69) is 10.3 Å². The summed E-state index contributed by atoms with van der Waals surface area (Å²) in [6.45, 7) is 4.63. The van der Waals surface area contributed by atoms with Gasteiger partial charge in [-0.3, -0.25) is 9.48 Å². The first-order valence-corrected chi connectivity index (χ1v) is 8.44. The van der Waals surface area contributed by atoms with Crippen LogP contribution in [0.5, 0.6) is 0 Å². The third-order valence-corrected chi connectivity index (χ3v) is 5.30. The first-order chi connectivity index (χ1) is 10.6. The fraction of sp³-hybridized carbons (Fsp3) is 0.533. The normalized spacial score (nSPS) is 19.0. The quantitative estimate of drug-likeness (QED) is 0.866. The van der Waals surface area contributed by atoms with Crippen molar-refractivity contribution in [3.8, 4) is 0 Å². The molecule has 1 atom stereocenters. The number of carbonyl (C=O) groups excluding carboxylic acids is 1. The van der Waals surface area contributed by atoms with Crippen LogP contribution in [0.25, 0.3) is 0 Å². The van der Waals surface area contributed by atoms with Gasteiger partial charge in [-0.25, -0.2) is 0 Å². The minimum absolute atomic E-state index is 0.0114. The standard InChI is InChI=1S/C15H20N4O2S/c1-10-13(11(2)21-17-10)9-22-14-5-4-6-19(15(14)20)12-7-16-18(3)8-12/h7-8,14H,4-6,9H2,1-3H3/t14-/m0/s1. The number of hydrogen-bond acceptors (Lipinski definition) is 5. The minimum atomic E-state index is -0.0114. The maximum atomic E-state index is 12.7. The summed E-state index contributed by atoms with van der Waals surface area (Å²) in [6, 6.07) is 0. The molecule has 1 amide bonds. The number of amides is 1. The SMILES string of the molecule is Cc1noc(C)c1CS[C@H]1CCCN(c2cnn(C)c2)C1=O. The molecule has 0 aliphatic carbocycles. The second kappa shape index (κ2) is 6.16. The van der Waals surface area contributed by atoms with E-state index in [1.54, 1.807) is 22.6 Å². The zero-order chi connectivity index (χ0) is 15.7. The summed E-state index contributed by atoms with van der Waals surface area (Å²) in [5.41, 5.74) is 2.91. The Hall–Kier alpha value is -1.76. The highest BCUT2D eigenvalue weighted by Crippen LogP contribution is 2.30. The summed E-state index contributed by atoms with van der Waals surface area (Å²) in [5, 5.41) is 8.11. The average Bonchev–Trinajstić information content (AvgIpc) is 3.05. The summed E-state index contributed by atoms with van der Waals surface area (Å²) >= 11 is 1.68. The molecular weight excluding hydrogens is 300 g/mol. The zero-order valence-corrected chi connectivity index (χ0v) is 13.9. The fourth-order valence-electron chi connectivity index (χ4n) is 2.69. The largest absolute Gasteiger partial charge is 0.361 e. The van der Waals surface area contributed by atoms with Crippen LogP contribution in [-0.4, -0.2) is 32.6 Å². The van der Waals surface area contributed by atoms with E-state index in [9.17, 15) is 4.79 Å². The van der Waals surface area contributed by atoms with Crippen LogP contribution in [0.4, 0.5) is 5.69 Å². The molecule has 6 nitrogen and oxygen atoms in total. The van der Waals surface area contributed by atoms with Gasteiger partial charge in [0.25, 0.3) is 0 Å². The molecule has 2 aromatic rings. The number of piperidine rings is 1. The van der Waals surface area contributed by atoms with Gasteiger partial charge in [0, 0.05) is 31.1 Å². The van der Waals surface area contributed by atoms with Crippen molar-refractivity contribution < 1.29 is 9.32 Å². The lowest BCUT2D eigenvalue weighted by Gasteiger charge is -2.31. The third-order valence-electron chi connectivity index (χ3n) is 4.00. The van der Waals surface area contributed by atoms with E-state index in [1.165, 1.54) is 0 Å². The zero-order valence-electron chi connectivity index (χ0n) is 13.1. The number of aromatic nitrogens is 3. The molecule has 1 aliphatic rings. The van der Waals surface area contributed by atoms with Crippen molar-refractivity contribution in [1.82, 2.24) is 14.9 Å². The lowest BCUT2D eigenvalue weighted by Crippen LogP contribution is -2.42. The number of thioether (sulfide) groups is 1. The third kappa shape index (κ3) is 2.90. The van der Waals surface area contributed by atoms with Crippen molar-refractivity contribution in [2.24, 2.45) is 7.05 Å². The van der Waals surface area contributed by atoms with Crippen LogP contribution in [0.15, 0.2) is 16.9 Å². The Balaban J connectivity index is 1.68. The maximum Gasteiger partial charge on any atom is 0.240 e. The van der Waals surface area contributed by atoms with Crippen molar-refractivity contribution in [1.29, 1.82) is 0 Å². The lowest BCUT2D eigenvalue weighted by atomic mass is 10.1. The Morgan fingerprint density at radius 2 is 2.27 bits per heavy atom. The van der Waals surface area contributed by atoms with Gasteiger partial charge in [0.1, 0.15) is 5.76 Å². The van der Waals surface area contributed by atoms with Crippen LogP contribution in [0.1, 0.15) is 29.9 Å². The second-order valence-electron chi connectivity index (χ2n) is 5.61. The van der Waals surface area contributed by atoms with Crippen LogP contribution >= 0.6 is 11.8 Å². The van der Waals surface area contributed by atoms with Crippen LogP contribution < -0.4 is 4.90 Å². The Kier molecular flexibility index (Phi) is 4.24. The monoisotopic (exact) mass is 320 g/mol. The predicted molar refractivity (Wildman–Crippen MR) is 85.9 cm³/mol. The Morgan fingerprint density at radius 3 is 2.91 bits per heavy atom. The Labute approximate surface area is 133 Å². The van der Waals surface area contributed by atoms with Gasteiger partial charge >= 0.3 is 0 Å². The molecule has 0 bridgehead atoms. The molecular formula is C15H20N4O2S. The van der Waals surface area contributed by atoms with Crippen molar-refractivity contribution in [3.05, 3.63) is 29.4 Å². The van der Waals surface area contributed by atoms with Gasteiger partial charge in [-0.05, 0) is 26.7 Å². The van der Waals surface area contributed by atoms with E-state index in [0.29, 0.717) is 0 Å². The van der Waals surface area contributed by atoms with E-state index >= 15 is 0 Å². The lowest BCUT2D eigenvalue weighted by molar-refractivity contribution is -0.119. The fourth-order valence-corrected chi connectivity index (χ4v) is 4.08. The summed E-state index contributed by atoms with van der Waals surface area (Å²) in [6.07, 6.45) is 5.57. The van der Waals surface area contributed by atoms with E-state index in [-0.39, 0.29) is 11.2 Å². The van der Waals surface area contributed by atoms with Crippen LogP contribution in [-0.2, 0) is 17.6 Å². The van der Waals surface area contributed by atoms with Gasteiger partial charge in [-0.1, -0.05) is 5.16 Å². The molecule has 22 heavy (non-hydrogen) atoms. The summed E-state index contributed by atoms with van der Waals surface area (Å²) in [5.74, 6) is 1.78. The van der Waals surface area contributed by atoms with Gasteiger partial charge in [0.2, 0.25) is 5.91 Å². The molecule has 1 saturated heterocycles. The molecule has 1 fully saturated rings. The molecule has 7 heteroatoms. The van der Waals surface area contributed by atoms with E-state index in [0.717, 1.165) is 47.8 Å². The summed E-state index contributed by atoms with van der Waals surface area (Å²) in [7, 11) is 1.86. The van der Waals surface area contributed by atoms with E-state index < -0.39 is 0 Å². The molecule has 0 saturated carbocycles. The van der Waals surface area contributed by atoms with Crippen molar-refractivity contribution in [2.75, 3.05) is 11.4 Å². The number of aryl methyl sites for hydroxylation is 3. The number of rotatable bonds is 4. The molecule has 3 heterocycles. The van der Waals surface area contributed by atoms with Gasteiger partial charge < -0.3 is 9.42 Å². The van der Waals surface area contributed by atoms with E-state index in [4.69, 9.17) is 4.52 Å². The molecule has 0 unspecified atom stereocenters. The highest BCUT2D eigenvalue weighted by Gasteiger charge is 2.31. The first kappa shape index (κ1) is 15.1. The molecule has 0 N–H and O–H groups in total. The highest BCUT2D eigenvalue weighted by atomic mass is 32.2. The van der Waals surface area contributed by atoms with Gasteiger partial charge in [0.05, 0.1) is 22.8 Å². The molecule has 1 aliphatic heterocycles. The molecule has 0 radical (unpaired) electrons. The molecule has 0 spiro atoms. The Bertz CT molecular complexity index is 659. The minimum Gasteiger partial charge on any atom is -0.361 e. The topological polar surface area (TPSA) is 64.2 Å². The van der Waals surface area contributed by atoms with Gasteiger partial charge in [-0.15, -0.1) is 11.8 Å². The number of hydrogen-bond donors (Lipinski definition) is 0. The molecule has 0 aromatic carbocycles. The van der Waals surface area contributed by atoms with Crippen LogP contribution in [0.3, 0.4) is 0 Å². The smallest absolute Gasteiger partial charge is 0.240 e. The number of carbonyl (C=O) groups is 1. The van der Waals surface area contributed by atoms with Gasteiger partial charge in [-0.2, -0.15) is 5.10 Å². The molecule has 118 valence electrons. The molecule has 3 rings (SSSR count). The number of nitrogens with zero attached hydrogens (tertiary/aromatic N) is 4. The summed E-state index contributed by atoms with van der Waals surface area (Å²) in [4.78, 5) is 14.5. The highest BCUT2D eigenvalue weighted by molar-refractivity contribution is 7.99. The summed E-state index contributed by atoms with van der Waals surface area (Å²) < 4.78 is 6.91. The van der Waals surface area contributed by atoms with Crippen LogP contribution in [0, 0.1) is 13.8 Å². The Morgan fingerprint density at radius 1 is 1.45 bits per heavy atom. The predicted octanol–water partition coefficient (Wildman–Crippen LogP) is 2.45. The second-order valence-corrected chi connectivity index (χ2v) is 6.80. The van der Waals surface area contributed by atoms with Crippen LogP contribution in [0.2, 0.25) is 0 Å². The first-order valence-electron chi connectivity index (χ1n) is 7.39. The van der Waals surface area contributed by atoms with Crippen molar-refractivity contribution in [2.45, 2.75) is 37.7 Å². The van der Waals surface area contributed by atoms with Crippen molar-refractivity contribution >= 4 is 23.4 Å². The van der Waals surface area contributed by atoms with Gasteiger partial charge in [0.15, 0.2) is 0 Å². The maximum absolute atomic E-state index is 12.7. The molecule has 2 aromatic heterocycles. The number of anilines is 1.